The van der Waals surface area contributed by atoms with Crippen LogP contribution in [0.25, 0.3) is 0 Å². The number of hydrogen-bond acceptors (Lipinski definition) is 1. The maximum Gasteiger partial charge on any atom is 0.217 e. The molecule has 2 N–H and O–H groups in total. The quantitative estimate of drug-likeness (QED) is 0.759. The lowest BCUT2D eigenvalue weighted by atomic mass is 10.1. The Bertz CT molecular complexity index is 285. The van der Waals surface area contributed by atoms with E-state index in [9.17, 15) is 4.79 Å². The standard InChI is InChI=1S/C11H15N2O/c1-9(14)13-11(8-12)7-10-5-3-2-4-6-10/h2-6,11-12H,7-8H2,1H3,(H,13,14). The van der Waals surface area contributed by atoms with Crippen LogP contribution in [0.2, 0.25) is 0 Å². The first-order valence-corrected chi connectivity index (χ1v) is 4.68. The molecule has 0 heterocycles. The van der Waals surface area contributed by atoms with Gasteiger partial charge in [0, 0.05) is 19.5 Å². The number of nitrogens with one attached hydrogen (secondary N) is 2. The van der Waals surface area contributed by atoms with Crippen molar-refractivity contribution >= 4 is 5.91 Å². The summed E-state index contributed by atoms with van der Waals surface area (Å²) in [5.74, 6) is -0.0711. The van der Waals surface area contributed by atoms with Crippen molar-refractivity contribution in [2.75, 3.05) is 6.54 Å². The van der Waals surface area contributed by atoms with Crippen LogP contribution in [0.3, 0.4) is 0 Å². The van der Waals surface area contributed by atoms with Crippen molar-refractivity contribution in [1.82, 2.24) is 11.1 Å². The molecule has 1 aromatic carbocycles. The van der Waals surface area contributed by atoms with Crippen molar-refractivity contribution in [1.29, 1.82) is 0 Å². The molecule has 0 fully saturated rings. The third kappa shape index (κ3) is 3.58. The molecule has 0 spiro atoms. The van der Waals surface area contributed by atoms with Gasteiger partial charge >= 0.3 is 0 Å². The van der Waals surface area contributed by atoms with Crippen LogP contribution in [0.15, 0.2) is 30.3 Å². The number of benzene rings is 1. The van der Waals surface area contributed by atoms with Crippen molar-refractivity contribution in [2.24, 2.45) is 0 Å². The van der Waals surface area contributed by atoms with Crippen molar-refractivity contribution in [2.45, 2.75) is 19.4 Å². The van der Waals surface area contributed by atoms with Gasteiger partial charge in [0.1, 0.15) is 0 Å². The first-order valence-electron chi connectivity index (χ1n) is 4.68. The SMILES string of the molecule is CC(=O)NC(C[NH])Cc1ccccc1. The van der Waals surface area contributed by atoms with Crippen molar-refractivity contribution in [3.63, 3.8) is 0 Å². The average Bonchev–Trinajstić information content (AvgIpc) is 2.17. The molecule has 1 amide bonds. The number of carbonyl (C=O) groups is 1. The van der Waals surface area contributed by atoms with Gasteiger partial charge in [-0.15, -0.1) is 0 Å². The largest absolute Gasteiger partial charge is 0.352 e. The van der Waals surface area contributed by atoms with Crippen molar-refractivity contribution in [3.8, 4) is 0 Å². The summed E-state index contributed by atoms with van der Waals surface area (Å²) in [6.07, 6.45) is 0.726. The van der Waals surface area contributed by atoms with E-state index in [2.05, 4.69) is 5.32 Å². The van der Waals surface area contributed by atoms with E-state index in [1.807, 2.05) is 30.3 Å². The van der Waals surface area contributed by atoms with E-state index in [0.717, 1.165) is 12.0 Å². The van der Waals surface area contributed by atoms with Gasteiger partial charge in [-0.2, -0.15) is 0 Å². The molecule has 0 aliphatic carbocycles. The van der Waals surface area contributed by atoms with Crippen molar-refractivity contribution < 1.29 is 4.79 Å². The number of carbonyl (C=O) groups excluding carboxylic acids is 1. The Balaban J connectivity index is 2.53. The third-order valence-corrected chi connectivity index (χ3v) is 1.98. The summed E-state index contributed by atoms with van der Waals surface area (Å²) in [4.78, 5) is 10.8. The minimum Gasteiger partial charge on any atom is -0.352 e. The van der Waals surface area contributed by atoms with Gasteiger partial charge in [0.15, 0.2) is 0 Å². The van der Waals surface area contributed by atoms with E-state index in [1.54, 1.807) is 0 Å². The zero-order chi connectivity index (χ0) is 10.4. The minimum absolute atomic E-state index is 0.0711. The van der Waals surface area contributed by atoms with Gasteiger partial charge in [-0.1, -0.05) is 30.3 Å². The van der Waals surface area contributed by atoms with Gasteiger partial charge in [0.05, 0.1) is 0 Å². The van der Waals surface area contributed by atoms with Gasteiger partial charge in [-0.3, -0.25) is 10.5 Å². The van der Waals surface area contributed by atoms with Gasteiger partial charge in [0.2, 0.25) is 5.91 Å². The molecule has 0 saturated carbocycles. The average molecular weight is 191 g/mol. The first kappa shape index (κ1) is 10.7. The van der Waals surface area contributed by atoms with Crippen LogP contribution in [-0.4, -0.2) is 18.5 Å². The fourth-order valence-electron chi connectivity index (χ4n) is 1.36. The molecule has 0 aliphatic heterocycles. The molecule has 1 rings (SSSR count). The van der Waals surface area contributed by atoms with E-state index >= 15 is 0 Å². The third-order valence-electron chi connectivity index (χ3n) is 1.98. The molecule has 3 heteroatoms. The summed E-state index contributed by atoms with van der Waals surface area (Å²) in [6, 6.07) is 9.82. The minimum atomic E-state index is -0.0742. The Kier molecular flexibility index (Phi) is 4.13. The Hall–Kier alpha value is -1.35. The number of hydrogen-bond donors (Lipinski definition) is 1. The van der Waals surface area contributed by atoms with E-state index in [-0.39, 0.29) is 18.5 Å². The predicted molar refractivity (Wildman–Crippen MR) is 55.7 cm³/mol. The molecule has 1 radical (unpaired) electrons. The molecule has 3 nitrogen and oxygen atoms in total. The van der Waals surface area contributed by atoms with Gasteiger partial charge in [0.25, 0.3) is 0 Å². The summed E-state index contributed by atoms with van der Waals surface area (Å²) in [7, 11) is 0. The molecule has 0 saturated heterocycles. The highest BCUT2D eigenvalue weighted by atomic mass is 16.1. The Labute approximate surface area is 84.3 Å². The van der Waals surface area contributed by atoms with Crippen LogP contribution in [0.1, 0.15) is 12.5 Å². The zero-order valence-electron chi connectivity index (χ0n) is 8.29. The molecule has 1 unspecified atom stereocenters. The summed E-state index contributed by atoms with van der Waals surface area (Å²) in [5, 5.41) is 2.75. The molecule has 1 atom stereocenters. The van der Waals surface area contributed by atoms with E-state index < -0.39 is 0 Å². The highest BCUT2D eigenvalue weighted by Gasteiger charge is 2.08. The van der Waals surface area contributed by atoms with Crippen LogP contribution in [0.4, 0.5) is 0 Å². The zero-order valence-corrected chi connectivity index (χ0v) is 8.29. The summed E-state index contributed by atoms with van der Waals surface area (Å²) >= 11 is 0. The molecule has 0 aromatic heterocycles. The molecule has 0 aliphatic rings. The maximum atomic E-state index is 10.8. The first-order chi connectivity index (χ1) is 6.72. The van der Waals surface area contributed by atoms with E-state index in [4.69, 9.17) is 5.73 Å². The highest BCUT2D eigenvalue weighted by Crippen LogP contribution is 2.02. The van der Waals surface area contributed by atoms with Crippen LogP contribution in [0, 0.1) is 0 Å². The topological polar surface area (TPSA) is 52.9 Å². The molecule has 0 bridgehead atoms. The summed E-state index contributed by atoms with van der Waals surface area (Å²) in [6.45, 7) is 1.70. The predicted octanol–water partition coefficient (Wildman–Crippen LogP) is 1.02. The van der Waals surface area contributed by atoms with E-state index in [0.29, 0.717) is 0 Å². The normalized spacial score (nSPS) is 12.1. The fourth-order valence-corrected chi connectivity index (χ4v) is 1.36. The Morgan fingerprint density at radius 3 is 2.57 bits per heavy atom. The second kappa shape index (κ2) is 5.40. The second-order valence-corrected chi connectivity index (χ2v) is 3.29. The smallest absolute Gasteiger partial charge is 0.217 e. The second-order valence-electron chi connectivity index (χ2n) is 3.29. The molecule has 1 aromatic rings. The molecular weight excluding hydrogens is 176 g/mol. The fraction of sp³-hybridized carbons (Fsp3) is 0.364. The maximum absolute atomic E-state index is 10.8. The van der Waals surface area contributed by atoms with Crippen molar-refractivity contribution in [3.05, 3.63) is 35.9 Å². The number of amides is 1. The van der Waals surface area contributed by atoms with Crippen LogP contribution in [-0.2, 0) is 11.2 Å². The van der Waals surface area contributed by atoms with Gasteiger partial charge in [-0.25, -0.2) is 0 Å². The summed E-state index contributed by atoms with van der Waals surface area (Å²) < 4.78 is 0. The molecular formula is C11H15N2O. The van der Waals surface area contributed by atoms with Gasteiger partial charge < -0.3 is 5.32 Å². The van der Waals surface area contributed by atoms with Crippen LogP contribution >= 0.6 is 0 Å². The lowest BCUT2D eigenvalue weighted by Gasteiger charge is -2.14. The van der Waals surface area contributed by atoms with Gasteiger partial charge in [-0.05, 0) is 12.0 Å². The highest BCUT2D eigenvalue weighted by molar-refractivity contribution is 5.73. The van der Waals surface area contributed by atoms with E-state index in [1.165, 1.54) is 6.92 Å². The lowest BCUT2D eigenvalue weighted by Crippen LogP contribution is -2.38. The monoisotopic (exact) mass is 191 g/mol. The molecule has 14 heavy (non-hydrogen) atoms. The summed E-state index contributed by atoms with van der Waals surface area (Å²) in [5.41, 5.74) is 8.44. The molecule has 75 valence electrons. The van der Waals surface area contributed by atoms with Crippen LogP contribution in [0.5, 0.6) is 0 Å². The Morgan fingerprint density at radius 1 is 1.43 bits per heavy atom. The van der Waals surface area contributed by atoms with Crippen LogP contribution < -0.4 is 11.1 Å². The lowest BCUT2D eigenvalue weighted by molar-refractivity contribution is -0.119. The Morgan fingerprint density at radius 2 is 2.07 bits per heavy atom. The number of rotatable bonds is 4.